The molecule has 3 rings (SSSR count). The van der Waals surface area contributed by atoms with Crippen molar-refractivity contribution in [1.29, 1.82) is 0 Å². The topological polar surface area (TPSA) is 75.4 Å². The fraction of sp³-hybridized carbons (Fsp3) is 0.471. The molecule has 130 valence electrons. The molecule has 0 saturated carbocycles. The second-order valence-electron chi connectivity index (χ2n) is 6.39. The number of nitrogens with zero attached hydrogens (tertiary/aromatic N) is 2. The maximum Gasteiger partial charge on any atom is 0.217 e. The third kappa shape index (κ3) is 4.66. The summed E-state index contributed by atoms with van der Waals surface area (Å²) < 4.78 is 32.0. The number of nitrogens with one attached hydrogen (secondary N) is 1. The van der Waals surface area contributed by atoms with Gasteiger partial charge in [-0.2, -0.15) is 0 Å². The molecule has 1 aromatic heterocycles. The van der Waals surface area contributed by atoms with Crippen molar-refractivity contribution in [3.8, 4) is 0 Å². The maximum absolute atomic E-state index is 12.2. The van der Waals surface area contributed by atoms with Crippen molar-refractivity contribution in [2.24, 2.45) is 0 Å². The first-order valence-corrected chi connectivity index (χ1v) is 9.84. The van der Waals surface area contributed by atoms with E-state index in [1.54, 1.807) is 6.07 Å². The quantitative estimate of drug-likeness (QED) is 0.865. The van der Waals surface area contributed by atoms with Crippen molar-refractivity contribution in [1.82, 2.24) is 14.8 Å². The predicted octanol–water partition coefficient (Wildman–Crippen LogP) is 2.15. The van der Waals surface area contributed by atoms with Crippen LogP contribution in [0, 0.1) is 0 Å². The Hall–Kier alpha value is -1.70. The first-order valence-electron chi connectivity index (χ1n) is 8.19. The van der Waals surface area contributed by atoms with Crippen LogP contribution >= 0.6 is 0 Å². The minimum atomic E-state index is -3.39. The second kappa shape index (κ2) is 7.46. The normalized spacial score (nSPS) is 22.5. The highest BCUT2D eigenvalue weighted by atomic mass is 32.2. The van der Waals surface area contributed by atoms with E-state index >= 15 is 0 Å². The summed E-state index contributed by atoms with van der Waals surface area (Å²) in [4.78, 5) is 2.40. The summed E-state index contributed by atoms with van der Waals surface area (Å²) in [6.45, 7) is 3.94. The standard InChI is InChI=1S/C17H23N3O3S/c1-14-11-16(19-24(21,22)13-17-8-10-23-18-17)7-9-20(14)12-15-5-3-2-4-6-15/h2-6,8,10,14,16,19H,7,9,11-13H2,1H3/t14-,16+/m0/s1. The summed E-state index contributed by atoms with van der Waals surface area (Å²) in [7, 11) is -3.39. The van der Waals surface area contributed by atoms with E-state index < -0.39 is 10.0 Å². The summed E-state index contributed by atoms with van der Waals surface area (Å²) in [5.41, 5.74) is 1.71. The number of piperidine rings is 1. The van der Waals surface area contributed by atoms with Crippen LogP contribution in [0.2, 0.25) is 0 Å². The molecular weight excluding hydrogens is 326 g/mol. The molecule has 1 saturated heterocycles. The van der Waals surface area contributed by atoms with Crippen LogP contribution in [0.25, 0.3) is 0 Å². The SMILES string of the molecule is C[C@H]1C[C@H](NS(=O)(=O)Cc2ccon2)CCN1Cc1ccccc1. The van der Waals surface area contributed by atoms with Crippen molar-refractivity contribution in [3.63, 3.8) is 0 Å². The van der Waals surface area contributed by atoms with Gasteiger partial charge in [-0.05, 0) is 25.3 Å². The first kappa shape index (κ1) is 17.1. The van der Waals surface area contributed by atoms with Crippen LogP contribution in [-0.4, -0.2) is 37.1 Å². The average Bonchev–Trinajstić information content (AvgIpc) is 3.03. The molecule has 0 spiro atoms. The van der Waals surface area contributed by atoms with Gasteiger partial charge < -0.3 is 4.52 Å². The largest absolute Gasteiger partial charge is 0.364 e. The maximum atomic E-state index is 12.2. The van der Waals surface area contributed by atoms with Gasteiger partial charge in [0.1, 0.15) is 12.0 Å². The highest BCUT2D eigenvalue weighted by molar-refractivity contribution is 7.88. The number of benzene rings is 1. The monoisotopic (exact) mass is 349 g/mol. The van der Waals surface area contributed by atoms with Crippen molar-refractivity contribution < 1.29 is 12.9 Å². The zero-order valence-electron chi connectivity index (χ0n) is 13.8. The molecule has 6 nitrogen and oxygen atoms in total. The van der Waals surface area contributed by atoms with E-state index in [0.29, 0.717) is 11.7 Å². The summed E-state index contributed by atoms with van der Waals surface area (Å²) in [6, 6.07) is 12.2. The fourth-order valence-electron chi connectivity index (χ4n) is 3.18. The third-order valence-electron chi connectivity index (χ3n) is 4.42. The summed E-state index contributed by atoms with van der Waals surface area (Å²) in [6.07, 6.45) is 3.01. The molecule has 7 heteroatoms. The zero-order chi connectivity index (χ0) is 17.0. The van der Waals surface area contributed by atoms with Crippen LogP contribution in [0.1, 0.15) is 31.0 Å². The zero-order valence-corrected chi connectivity index (χ0v) is 14.6. The van der Waals surface area contributed by atoms with Gasteiger partial charge in [-0.3, -0.25) is 4.90 Å². The highest BCUT2D eigenvalue weighted by Gasteiger charge is 2.28. The van der Waals surface area contributed by atoms with E-state index in [2.05, 4.69) is 38.4 Å². The van der Waals surface area contributed by atoms with Gasteiger partial charge >= 0.3 is 0 Å². The second-order valence-corrected chi connectivity index (χ2v) is 8.15. The molecule has 0 aliphatic carbocycles. The minimum absolute atomic E-state index is 0.0241. The molecule has 1 fully saturated rings. The molecule has 1 aliphatic rings. The van der Waals surface area contributed by atoms with Gasteiger partial charge in [0.15, 0.2) is 0 Å². The number of hydrogen-bond acceptors (Lipinski definition) is 5. The fourth-order valence-corrected chi connectivity index (χ4v) is 4.53. The van der Waals surface area contributed by atoms with E-state index in [4.69, 9.17) is 0 Å². The van der Waals surface area contributed by atoms with Crippen LogP contribution in [0.15, 0.2) is 47.2 Å². The van der Waals surface area contributed by atoms with Gasteiger partial charge in [0.25, 0.3) is 0 Å². The van der Waals surface area contributed by atoms with Gasteiger partial charge in [0.2, 0.25) is 10.0 Å². The summed E-state index contributed by atoms with van der Waals surface area (Å²) in [5.74, 6) is -0.137. The van der Waals surface area contributed by atoms with Gasteiger partial charge in [-0.25, -0.2) is 13.1 Å². The van der Waals surface area contributed by atoms with Gasteiger partial charge in [0.05, 0.1) is 5.69 Å². The highest BCUT2D eigenvalue weighted by Crippen LogP contribution is 2.20. The number of aromatic nitrogens is 1. The van der Waals surface area contributed by atoms with Crippen molar-refractivity contribution in [3.05, 3.63) is 53.9 Å². The smallest absolute Gasteiger partial charge is 0.217 e. The molecule has 2 aromatic rings. The van der Waals surface area contributed by atoms with Crippen LogP contribution in [-0.2, 0) is 22.3 Å². The molecule has 2 atom stereocenters. The first-order chi connectivity index (χ1) is 11.5. The Morgan fingerprint density at radius 2 is 2.08 bits per heavy atom. The van der Waals surface area contributed by atoms with Gasteiger partial charge in [-0.15, -0.1) is 0 Å². The van der Waals surface area contributed by atoms with Gasteiger partial charge in [-0.1, -0.05) is 35.5 Å². The Morgan fingerprint density at radius 3 is 2.75 bits per heavy atom. The number of likely N-dealkylation sites (tertiary alicyclic amines) is 1. The molecule has 2 heterocycles. The van der Waals surface area contributed by atoms with Crippen molar-refractivity contribution >= 4 is 10.0 Å². The Kier molecular flexibility index (Phi) is 5.33. The molecule has 0 unspecified atom stereocenters. The Labute approximate surface area is 142 Å². The molecule has 1 N–H and O–H groups in total. The van der Waals surface area contributed by atoms with E-state index in [1.165, 1.54) is 11.8 Å². The summed E-state index contributed by atoms with van der Waals surface area (Å²) >= 11 is 0. The molecule has 0 bridgehead atoms. The minimum Gasteiger partial charge on any atom is -0.364 e. The predicted molar refractivity (Wildman–Crippen MR) is 91.6 cm³/mol. The summed E-state index contributed by atoms with van der Waals surface area (Å²) in [5, 5.41) is 3.67. The van der Waals surface area contributed by atoms with Crippen molar-refractivity contribution in [2.75, 3.05) is 6.54 Å². The van der Waals surface area contributed by atoms with Crippen molar-refractivity contribution in [2.45, 2.75) is 44.1 Å². The lowest BCUT2D eigenvalue weighted by Crippen LogP contribution is -2.48. The molecule has 24 heavy (non-hydrogen) atoms. The number of sulfonamides is 1. The molecule has 0 amide bonds. The Balaban J connectivity index is 1.53. The molecule has 0 radical (unpaired) electrons. The Bertz CT molecular complexity index is 732. The molecule has 1 aromatic carbocycles. The van der Waals surface area contributed by atoms with Crippen LogP contribution in [0.3, 0.4) is 0 Å². The molecular formula is C17H23N3O3S. The van der Waals surface area contributed by atoms with Crippen LogP contribution < -0.4 is 4.72 Å². The molecule has 1 aliphatic heterocycles. The van der Waals surface area contributed by atoms with E-state index in [0.717, 1.165) is 25.9 Å². The number of rotatable bonds is 6. The van der Waals surface area contributed by atoms with E-state index in [-0.39, 0.29) is 11.8 Å². The van der Waals surface area contributed by atoms with E-state index in [1.807, 2.05) is 18.2 Å². The average molecular weight is 349 g/mol. The van der Waals surface area contributed by atoms with E-state index in [9.17, 15) is 8.42 Å². The number of hydrogen-bond donors (Lipinski definition) is 1. The van der Waals surface area contributed by atoms with Crippen LogP contribution in [0.5, 0.6) is 0 Å². The van der Waals surface area contributed by atoms with Crippen LogP contribution in [0.4, 0.5) is 0 Å². The lowest BCUT2D eigenvalue weighted by Gasteiger charge is -2.37. The lowest BCUT2D eigenvalue weighted by molar-refractivity contribution is 0.135. The Morgan fingerprint density at radius 1 is 1.29 bits per heavy atom. The third-order valence-corrected chi connectivity index (χ3v) is 5.79. The van der Waals surface area contributed by atoms with Gasteiger partial charge in [0, 0.05) is 31.2 Å². The lowest BCUT2D eigenvalue weighted by atomic mass is 9.98.